The third-order valence-electron chi connectivity index (χ3n) is 4.32. The van der Waals surface area contributed by atoms with Crippen molar-refractivity contribution in [1.82, 2.24) is 14.8 Å². The van der Waals surface area contributed by atoms with Gasteiger partial charge in [0.05, 0.1) is 12.7 Å². The third kappa shape index (κ3) is 4.27. The predicted molar refractivity (Wildman–Crippen MR) is 98.7 cm³/mol. The predicted octanol–water partition coefficient (Wildman–Crippen LogP) is 2.09. The number of carbonyl (C=O) groups is 2. The van der Waals surface area contributed by atoms with Gasteiger partial charge in [0.1, 0.15) is 5.75 Å². The summed E-state index contributed by atoms with van der Waals surface area (Å²) in [5.41, 5.74) is 1.51. The molecular weight excluding hydrogens is 330 g/mol. The van der Waals surface area contributed by atoms with Crippen molar-refractivity contribution in [3.63, 3.8) is 0 Å². The minimum Gasteiger partial charge on any atom is -0.497 e. The van der Waals surface area contributed by atoms with Crippen molar-refractivity contribution in [2.45, 2.75) is 0 Å². The molecule has 6 nitrogen and oxygen atoms in total. The van der Waals surface area contributed by atoms with Gasteiger partial charge in [-0.05, 0) is 35.9 Å². The highest BCUT2D eigenvalue weighted by atomic mass is 16.5. The molecule has 0 bridgehead atoms. The molecule has 0 N–H and O–H groups in total. The van der Waals surface area contributed by atoms with Gasteiger partial charge < -0.3 is 14.5 Å². The van der Waals surface area contributed by atoms with Gasteiger partial charge in [-0.2, -0.15) is 0 Å². The van der Waals surface area contributed by atoms with E-state index in [2.05, 4.69) is 4.98 Å². The van der Waals surface area contributed by atoms with Crippen LogP contribution in [0.4, 0.5) is 0 Å². The first-order valence-electron chi connectivity index (χ1n) is 8.48. The largest absolute Gasteiger partial charge is 0.497 e. The van der Waals surface area contributed by atoms with Crippen LogP contribution >= 0.6 is 0 Å². The van der Waals surface area contributed by atoms with E-state index < -0.39 is 0 Å². The van der Waals surface area contributed by atoms with E-state index in [1.165, 1.54) is 0 Å². The van der Waals surface area contributed by atoms with Crippen LogP contribution in [-0.2, 0) is 4.79 Å². The summed E-state index contributed by atoms with van der Waals surface area (Å²) in [4.78, 5) is 32.2. The van der Waals surface area contributed by atoms with Crippen molar-refractivity contribution in [1.29, 1.82) is 0 Å². The molecule has 134 valence electrons. The first-order valence-corrected chi connectivity index (χ1v) is 8.48. The highest BCUT2D eigenvalue weighted by molar-refractivity contribution is 5.94. The van der Waals surface area contributed by atoms with Crippen molar-refractivity contribution in [3.05, 3.63) is 66.0 Å². The van der Waals surface area contributed by atoms with Gasteiger partial charge in [0.25, 0.3) is 5.91 Å². The molecule has 0 spiro atoms. The van der Waals surface area contributed by atoms with Crippen molar-refractivity contribution in [2.75, 3.05) is 33.3 Å². The number of rotatable bonds is 4. The number of carbonyl (C=O) groups excluding carboxylic acids is 2. The SMILES string of the molecule is COc1ccc(/C=C/C(=O)N2CCN(C(=O)c3cccnc3)CC2)cc1. The standard InChI is InChI=1S/C20H21N3O3/c1-26-18-7-4-16(5-8-18)6-9-19(24)22-11-13-23(14-12-22)20(25)17-3-2-10-21-15-17/h2-10,15H,11-14H2,1H3/b9-6+. The molecule has 1 fully saturated rings. The van der Waals surface area contributed by atoms with Crippen LogP contribution in [0.15, 0.2) is 54.9 Å². The maximum atomic E-state index is 12.4. The van der Waals surface area contributed by atoms with Crippen LogP contribution in [0.3, 0.4) is 0 Å². The zero-order valence-electron chi connectivity index (χ0n) is 14.7. The fraction of sp³-hybridized carbons (Fsp3) is 0.250. The minimum atomic E-state index is -0.0469. The molecule has 1 aliphatic rings. The number of pyridine rings is 1. The number of amides is 2. The number of methoxy groups -OCH3 is 1. The molecule has 2 heterocycles. The summed E-state index contributed by atoms with van der Waals surface area (Å²) in [5, 5.41) is 0. The van der Waals surface area contributed by atoms with Gasteiger partial charge >= 0.3 is 0 Å². The Balaban J connectivity index is 1.53. The number of ether oxygens (including phenoxy) is 1. The maximum absolute atomic E-state index is 12.4. The molecule has 1 saturated heterocycles. The van der Waals surface area contributed by atoms with E-state index in [4.69, 9.17) is 4.74 Å². The summed E-state index contributed by atoms with van der Waals surface area (Å²) >= 11 is 0. The van der Waals surface area contributed by atoms with E-state index in [0.29, 0.717) is 31.7 Å². The van der Waals surface area contributed by atoms with E-state index in [-0.39, 0.29) is 11.8 Å². The summed E-state index contributed by atoms with van der Waals surface area (Å²) in [7, 11) is 1.62. The fourth-order valence-corrected chi connectivity index (χ4v) is 2.79. The maximum Gasteiger partial charge on any atom is 0.255 e. The number of nitrogens with zero attached hydrogens (tertiary/aromatic N) is 3. The van der Waals surface area contributed by atoms with Crippen LogP contribution in [0.5, 0.6) is 5.75 Å². The number of hydrogen-bond acceptors (Lipinski definition) is 4. The highest BCUT2D eigenvalue weighted by Crippen LogP contribution is 2.13. The van der Waals surface area contributed by atoms with E-state index in [0.717, 1.165) is 11.3 Å². The Hall–Kier alpha value is -3.15. The number of piperazine rings is 1. The Kier molecular flexibility index (Phi) is 5.63. The van der Waals surface area contributed by atoms with Crippen molar-refractivity contribution >= 4 is 17.9 Å². The monoisotopic (exact) mass is 351 g/mol. The quantitative estimate of drug-likeness (QED) is 0.792. The van der Waals surface area contributed by atoms with Crippen LogP contribution in [0.25, 0.3) is 6.08 Å². The molecule has 0 atom stereocenters. The van der Waals surface area contributed by atoms with Crippen LogP contribution in [0.2, 0.25) is 0 Å². The second kappa shape index (κ2) is 8.29. The third-order valence-corrected chi connectivity index (χ3v) is 4.32. The zero-order chi connectivity index (χ0) is 18.4. The molecular formula is C20H21N3O3. The van der Waals surface area contributed by atoms with Gasteiger partial charge in [-0.1, -0.05) is 12.1 Å². The van der Waals surface area contributed by atoms with E-state index >= 15 is 0 Å². The van der Waals surface area contributed by atoms with Crippen LogP contribution in [-0.4, -0.2) is 59.9 Å². The van der Waals surface area contributed by atoms with Crippen molar-refractivity contribution in [3.8, 4) is 5.75 Å². The number of aromatic nitrogens is 1. The number of hydrogen-bond donors (Lipinski definition) is 0. The molecule has 2 amide bonds. The Labute approximate surface area is 152 Å². The lowest BCUT2D eigenvalue weighted by molar-refractivity contribution is -0.127. The molecule has 0 saturated carbocycles. The highest BCUT2D eigenvalue weighted by Gasteiger charge is 2.23. The number of benzene rings is 1. The summed E-state index contributed by atoms with van der Waals surface area (Å²) in [6.07, 6.45) is 6.56. The van der Waals surface area contributed by atoms with Gasteiger partial charge in [0.15, 0.2) is 0 Å². The van der Waals surface area contributed by atoms with Gasteiger partial charge in [0, 0.05) is 44.6 Å². The molecule has 1 aromatic heterocycles. The van der Waals surface area contributed by atoms with Crippen LogP contribution in [0.1, 0.15) is 15.9 Å². The Morgan fingerprint density at radius 1 is 1.04 bits per heavy atom. The molecule has 2 aromatic rings. The summed E-state index contributed by atoms with van der Waals surface area (Å²) in [6.45, 7) is 2.10. The van der Waals surface area contributed by atoms with Crippen LogP contribution in [0, 0.1) is 0 Å². The van der Waals surface area contributed by atoms with E-state index in [1.54, 1.807) is 53.6 Å². The molecule has 0 radical (unpaired) electrons. The smallest absolute Gasteiger partial charge is 0.255 e. The first kappa shape index (κ1) is 17.7. The van der Waals surface area contributed by atoms with Crippen molar-refractivity contribution in [2.24, 2.45) is 0 Å². The summed E-state index contributed by atoms with van der Waals surface area (Å²) < 4.78 is 5.12. The normalized spacial score (nSPS) is 14.5. The molecule has 0 aliphatic carbocycles. The lowest BCUT2D eigenvalue weighted by Gasteiger charge is -2.34. The second-order valence-corrected chi connectivity index (χ2v) is 5.97. The topological polar surface area (TPSA) is 62.7 Å². The van der Waals surface area contributed by atoms with E-state index in [1.807, 2.05) is 24.3 Å². The molecule has 3 rings (SSSR count). The molecule has 26 heavy (non-hydrogen) atoms. The fourth-order valence-electron chi connectivity index (χ4n) is 2.79. The van der Waals surface area contributed by atoms with Crippen molar-refractivity contribution < 1.29 is 14.3 Å². The van der Waals surface area contributed by atoms with E-state index in [9.17, 15) is 9.59 Å². The second-order valence-electron chi connectivity index (χ2n) is 5.97. The van der Waals surface area contributed by atoms with Gasteiger partial charge in [-0.3, -0.25) is 14.6 Å². The molecule has 1 aromatic carbocycles. The average Bonchev–Trinajstić information content (AvgIpc) is 2.72. The minimum absolute atomic E-state index is 0.0426. The molecule has 6 heteroatoms. The summed E-state index contributed by atoms with van der Waals surface area (Å²) in [5.74, 6) is 0.691. The average molecular weight is 351 g/mol. The van der Waals surface area contributed by atoms with Gasteiger partial charge in [-0.25, -0.2) is 0 Å². The van der Waals surface area contributed by atoms with Gasteiger partial charge in [0.2, 0.25) is 5.91 Å². The Morgan fingerprint density at radius 3 is 2.35 bits per heavy atom. The Bertz CT molecular complexity index is 780. The molecule has 1 aliphatic heterocycles. The first-order chi connectivity index (χ1) is 12.7. The lowest BCUT2D eigenvalue weighted by atomic mass is 10.2. The Morgan fingerprint density at radius 2 is 1.73 bits per heavy atom. The van der Waals surface area contributed by atoms with Gasteiger partial charge in [-0.15, -0.1) is 0 Å². The summed E-state index contributed by atoms with van der Waals surface area (Å²) in [6, 6.07) is 11.0. The zero-order valence-corrected chi connectivity index (χ0v) is 14.7. The van der Waals surface area contributed by atoms with Crippen LogP contribution < -0.4 is 4.74 Å². The molecule has 0 unspecified atom stereocenters. The lowest BCUT2D eigenvalue weighted by Crippen LogP contribution is -2.50.